The number of carbonyl (C=O) groups excluding carboxylic acids is 4. The van der Waals surface area contributed by atoms with Gasteiger partial charge in [-0.05, 0) is 83.9 Å². The summed E-state index contributed by atoms with van der Waals surface area (Å²) in [5.41, 5.74) is -0.191. The number of halogens is 4. The zero-order chi connectivity index (χ0) is 45.2. The van der Waals surface area contributed by atoms with E-state index in [9.17, 15) is 52.8 Å². The first-order valence-corrected chi connectivity index (χ1v) is 26.8. The summed E-state index contributed by atoms with van der Waals surface area (Å²) in [6, 6.07) is 10.2. The number of rotatable bonds is 10. The number of fused-ring (bicyclic) bond motifs is 5. The fourth-order valence-corrected chi connectivity index (χ4v) is 12.3. The Morgan fingerprint density at radius 3 is 1.03 bits per heavy atom. The van der Waals surface area contributed by atoms with Crippen molar-refractivity contribution in [3.05, 3.63) is 96.1 Å². The largest absolute Gasteiger partial charge is 0.495 e. The maximum Gasteiger partial charge on any atom is 0.264 e. The van der Waals surface area contributed by atoms with E-state index in [1.54, 1.807) is 0 Å². The first-order chi connectivity index (χ1) is 28.9. The highest BCUT2D eigenvalue weighted by Crippen LogP contribution is 2.60. The van der Waals surface area contributed by atoms with Crippen molar-refractivity contribution in [1.29, 1.82) is 0 Å². The molecule has 4 fully saturated rings. The number of anilines is 2. The molecule has 326 valence electrons. The Labute approximate surface area is 371 Å². The summed E-state index contributed by atoms with van der Waals surface area (Å²) in [7, 11) is 7.43. The first kappa shape index (κ1) is 44.3. The summed E-state index contributed by atoms with van der Waals surface area (Å²) in [5, 5.41) is 2.62. The Balaban J connectivity index is 1.38. The van der Waals surface area contributed by atoms with Gasteiger partial charge in [0, 0.05) is 42.7 Å². The Morgan fingerprint density at radius 2 is 0.758 bits per heavy atom. The van der Waals surface area contributed by atoms with Gasteiger partial charge in [-0.15, -0.1) is 0 Å². The van der Waals surface area contributed by atoms with Gasteiger partial charge in [-0.25, -0.2) is 53.5 Å². The third-order valence-electron chi connectivity index (χ3n) is 11.1. The van der Waals surface area contributed by atoms with Crippen LogP contribution in [0.15, 0.2) is 105 Å². The van der Waals surface area contributed by atoms with Gasteiger partial charge in [-0.2, -0.15) is 0 Å². The predicted octanol–water partition coefficient (Wildman–Crippen LogP) is 3.86. The average Bonchev–Trinajstić information content (AvgIpc) is 3.87. The number of amides is 4. The number of benzene rings is 4. The lowest BCUT2D eigenvalue weighted by Crippen LogP contribution is -2.50. The van der Waals surface area contributed by atoms with E-state index in [0.29, 0.717) is 0 Å². The van der Waals surface area contributed by atoms with Crippen molar-refractivity contribution in [2.75, 3.05) is 24.0 Å². The van der Waals surface area contributed by atoms with Crippen LogP contribution in [0, 0.1) is 11.8 Å². The van der Waals surface area contributed by atoms with Crippen LogP contribution >= 0.6 is 42.7 Å². The average molecular weight is 1010 g/mol. The Hall–Kier alpha value is -4.36. The van der Waals surface area contributed by atoms with Gasteiger partial charge in [-0.1, -0.05) is 12.1 Å². The lowest BCUT2D eigenvalue weighted by atomic mass is 9.84. The number of nitrogens with zero attached hydrogens (tertiary/aromatic N) is 4. The lowest BCUT2D eigenvalue weighted by Gasteiger charge is -2.36. The van der Waals surface area contributed by atoms with Crippen molar-refractivity contribution in [2.45, 2.75) is 43.7 Å². The van der Waals surface area contributed by atoms with Gasteiger partial charge in [0.05, 0.1) is 59.3 Å². The van der Waals surface area contributed by atoms with Crippen LogP contribution in [0.25, 0.3) is 0 Å². The SMILES string of the molecule is COc1ccc(C2C3C(=O)N(c4ccc(S(=O)(=O)Cl)cc4)C(=O)C3N3C(c4ccc(OC)c(S(=O)(=O)Cl)c4)C4C(=O)N(c5ccc(S(=O)(=O)Cl)cc5)C(=O)C4N23)cc1S(=O)(=O)Cl. The zero-order valence-electron chi connectivity index (χ0n) is 31.2. The number of hydrogen-bond donors (Lipinski definition) is 0. The lowest BCUT2D eigenvalue weighted by molar-refractivity contribution is -0.136. The number of hydrogen-bond acceptors (Lipinski definition) is 16. The smallest absolute Gasteiger partial charge is 0.264 e. The minimum Gasteiger partial charge on any atom is -0.495 e. The number of imide groups is 2. The van der Waals surface area contributed by atoms with Crippen LogP contribution in [0.1, 0.15) is 23.2 Å². The fourth-order valence-electron chi connectivity index (χ4n) is 8.66. The van der Waals surface area contributed by atoms with Gasteiger partial charge in [-0.3, -0.25) is 19.2 Å². The van der Waals surface area contributed by atoms with Crippen molar-refractivity contribution in [3.8, 4) is 11.5 Å². The monoisotopic (exact) mass is 1010 g/mol. The molecule has 4 heterocycles. The first-order valence-electron chi connectivity index (χ1n) is 17.6. The molecule has 0 saturated carbocycles. The molecule has 4 aromatic rings. The van der Waals surface area contributed by atoms with E-state index in [4.69, 9.17) is 52.2 Å². The summed E-state index contributed by atoms with van der Waals surface area (Å²) < 4.78 is 110. The maximum atomic E-state index is 14.9. The van der Waals surface area contributed by atoms with Crippen LogP contribution in [0.2, 0.25) is 0 Å². The van der Waals surface area contributed by atoms with Crippen LogP contribution in [-0.4, -0.2) is 93.6 Å². The molecule has 0 radical (unpaired) electrons. The van der Waals surface area contributed by atoms with E-state index in [1.165, 1.54) is 48.5 Å². The minimum absolute atomic E-state index is 0.00244. The standard InChI is InChI=1S/C36H26Cl4N4O14S4/c1-57-23-13-3-17(15-25(23)61(39,53)54)29-27-31(35(47)41(33(27)45)19-5-9-21(10-6-19)59(37,49)50)44-30(18-4-14-24(58-2)26(16-18)62(40,55)56)28-32(43(29)44)36(48)42(34(28)46)20-7-11-22(12-8-20)60(38,51)52/h3-16,27-32H,1-2H3. The quantitative estimate of drug-likeness (QED) is 0.162. The normalized spacial score (nSPS) is 24.4. The Bertz CT molecular complexity index is 2900. The van der Waals surface area contributed by atoms with Crippen molar-refractivity contribution in [3.63, 3.8) is 0 Å². The molecule has 4 aliphatic heterocycles. The predicted molar refractivity (Wildman–Crippen MR) is 220 cm³/mol. The van der Waals surface area contributed by atoms with Crippen LogP contribution in [-0.2, 0) is 55.4 Å². The number of ether oxygens (including phenoxy) is 2. The molecule has 0 spiro atoms. The molecule has 18 nitrogen and oxygen atoms in total. The molecule has 0 aromatic heterocycles. The van der Waals surface area contributed by atoms with E-state index < -0.39 is 106 Å². The Morgan fingerprint density at radius 1 is 0.435 bits per heavy atom. The minimum atomic E-state index is -4.58. The molecular weight excluding hydrogens is 982 g/mol. The second-order valence-corrected chi connectivity index (χ2v) is 24.4. The number of hydrazine groups is 1. The highest BCUT2D eigenvalue weighted by molar-refractivity contribution is 8.14. The van der Waals surface area contributed by atoms with E-state index in [-0.39, 0.29) is 43.8 Å². The highest BCUT2D eigenvalue weighted by Gasteiger charge is 2.73. The van der Waals surface area contributed by atoms with Crippen molar-refractivity contribution < 1.29 is 62.3 Å². The van der Waals surface area contributed by atoms with E-state index in [2.05, 4.69) is 0 Å². The van der Waals surface area contributed by atoms with E-state index in [0.717, 1.165) is 70.5 Å². The maximum absolute atomic E-state index is 14.9. The second-order valence-electron chi connectivity index (χ2n) is 14.2. The van der Waals surface area contributed by atoms with Gasteiger partial charge in [0.2, 0.25) is 11.8 Å². The fraction of sp³-hybridized carbons (Fsp3) is 0.222. The third-order valence-corrected chi connectivity index (χ3v) is 16.5. The van der Waals surface area contributed by atoms with Gasteiger partial charge < -0.3 is 9.47 Å². The van der Waals surface area contributed by atoms with Crippen LogP contribution < -0.4 is 19.3 Å². The summed E-state index contributed by atoms with van der Waals surface area (Å²) in [5.74, 6) is -7.07. The molecule has 4 amide bonds. The Kier molecular flexibility index (Phi) is 10.8. The summed E-state index contributed by atoms with van der Waals surface area (Å²) in [6.45, 7) is 0. The second kappa shape index (κ2) is 15.1. The topological polar surface area (TPSA) is 236 Å². The third kappa shape index (κ3) is 7.04. The highest BCUT2D eigenvalue weighted by atomic mass is 35.7. The van der Waals surface area contributed by atoms with Gasteiger partial charge in [0.25, 0.3) is 48.0 Å². The van der Waals surface area contributed by atoms with Crippen molar-refractivity contribution >= 4 is 114 Å². The molecule has 4 saturated heterocycles. The van der Waals surface area contributed by atoms with Gasteiger partial charge >= 0.3 is 0 Å². The molecule has 8 rings (SSSR count). The summed E-state index contributed by atoms with van der Waals surface area (Å²) >= 11 is 0. The van der Waals surface area contributed by atoms with Crippen molar-refractivity contribution in [2.24, 2.45) is 11.8 Å². The van der Waals surface area contributed by atoms with Crippen LogP contribution in [0.5, 0.6) is 11.5 Å². The van der Waals surface area contributed by atoms with E-state index >= 15 is 0 Å². The summed E-state index contributed by atoms with van der Waals surface area (Å²) in [4.78, 5) is 59.2. The molecule has 0 aliphatic carbocycles. The molecule has 0 N–H and O–H groups in total. The number of methoxy groups -OCH3 is 2. The molecule has 26 heteroatoms. The van der Waals surface area contributed by atoms with Crippen molar-refractivity contribution in [1.82, 2.24) is 10.0 Å². The van der Waals surface area contributed by atoms with Crippen LogP contribution in [0.3, 0.4) is 0 Å². The molecule has 6 unspecified atom stereocenters. The van der Waals surface area contributed by atoms with Crippen LogP contribution in [0.4, 0.5) is 11.4 Å². The molecule has 4 aromatic carbocycles. The molecular formula is C36H26Cl4N4O14S4. The number of carbonyl (C=O) groups is 4. The van der Waals surface area contributed by atoms with Gasteiger partial charge in [0.15, 0.2) is 0 Å². The molecule has 62 heavy (non-hydrogen) atoms. The molecule has 4 aliphatic rings. The zero-order valence-corrected chi connectivity index (χ0v) is 37.5. The molecule has 6 atom stereocenters. The van der Waals surface area contributed by atoms with E-state index in [1.807, 2.05) is 0 Å². The molecule has 0 bridgehead atoms. The summed E-state index contributed by atoms with van der Waals surface area (Å²) in [6.07, 6.45) is 0. The van der Waals surface area contributed by atoms with Gasteiger partial charge in [0.1, 0.15) is 33.4 Å².